The van der Waals surface area contributed by atoms with Crippen LogP contribution < -0.4 is 5.32 Å². The Morgan fingerprint density at radius 1 is 0.893 bits per heavy atom. The minimum absolute atomic E-state index is 0.365. The van der Waals surface area contributed by atoms with Crippen molar-refractivity contribution in [1.82, 2.24) is 4.40 Å². The first kappa shape index (κ1) is 17.7. The van der Waals surface area contributed by atoms with E-state index in [1.54, 1.807) is 10.6 Å². The summed E-state index contributed by atoms with van der Waals surface area (Å²) in [7, 11) is 0. The van der Waals surface area contributed by atoms with Crippen LogP contribution in [0.3, 0.4) is 0 Å². The van der Waals surface area contributed by atoms with Crippen molar-refractivity contribution in [1.29, 1.82) is 0 Å². The lowest BCUT2D eigenvalue weighted by atomic mass is 10.0. The van der Waals surface area contributed by atoms with Crippen LogP contribution in [0.15, 0.2) is 85.1 Å². The largest absolute Gasteiger partial charge is 0.319 e. The van der Waals surface area contributed by atoms with Crippen molar-refractivity contribution in [2.45, 2.75) is 13.3 Å². The lowest BCUT2D eigenvalue weighted by Crippen LogP contribution is -2.24. The summed E-state index contributed by atoms with van der Waals surface area (Å²) in [4.78, 5) is 25.8. The van der Waals surface area contributed by atoms with E-state index in [-0.39, 0.29) is 0 Å². The van der Waals surface area contributed by atoms with E-state index in [1.807, 2.05) is 78.9 Å². The molecule has 4 rings (SSSR count). The minimum atomic E-state index is -0.648. The molecule has 0 aliphatic carbocycles. The number of anilines is 1. The molecule has 0 radical (unpaired) electrons. The predicted octanol–water partition coefficient (Wildman–Crippen LogP) is 4.99. The fourth-order valence-corrected chi connectivity index (χ4v) is 3.31. The Labute approximate surface area is 163 Å². The number of aromatic nitrogens is 1. The van der Waals surface area contributed by atoms with E-state index in [9.17, 15) is 9.59 Å². The lowest BCUT2D eigenvalue weighted by Gasteiger charge is -2.08. The quantitative estimate of drug-likeness (QED) is 0.398. The van der Waals surface area contributed by atoms with Crippen molar-refractivity contribution in [3.05, 3.63) is 96.3 Å². The third-order valence-corrected chi connectivity index (χ3v) is 4.81. The third kappa shape index (κ3) is 3.32. The highest BCUT2D eigenvalue weighted by Crippen LogP contribution is 2.28. The van der Waals surface area contributed by atoms with Crippen LogP contribution in [-0.2, 0) is 11.2 Å². The molecule has 0 spiro atoms. The van der Waals surface area contributed by atoms with E-state index in [1.165, 1.54) is 5.56 Å². The Bertz CT molecular complexity index is 1140. The first-order valence-electron chi connectivity index (χ1n) is 9.27. The molecule has 4 nitrogen and oxygen atoms in total. The number of hydrogen-bond donors (Lipinski definition) is 1. The van der Waals surface area contributed by atoms with Crippen LogP contribution in [0.25, 0.3) is 16.6 Å². The molecular weight excluding hydrogens is 348 g/mol. The van der Waals surface area contributed by atoms with Gasteiger partial charge < -0.3 is 9.72 Å². The van der Waals surface area contributed by atoms with Gasteiger partial charge >= 0.3 is 0 Å². The van der Waals surface area contributed by atoms with Crippen molar-refractivity contribution < 1.29 is 9.59 Å². The van der Waals surface area contributed by atoms with Crippen molar-refractivity contribution in [2.75, 3.05) is 5.32 Å². The van der Waals surface area contributed by atoms with Gasteiger partial charge in [0.1, 0.15) is 5.69 Å². The summed E-state index contributed by atoms with van der Waals surface area (Å²) >= 11 is 0. The number of rotatable bonds is 5. The average molecular weight is 368 g/mol. The maximum Gasteiger partial charge on any atom is 0.298 e. The zero-order valence-corrected chi connectivity index (χ0v) is 15.6. The van der Waals surface area contributed by atoms with E-state index in [0.717, 1.165) is 23.1 Å². The van der Waals surface area contributed by atoms with Crippen molar-refractivity contribution in [3.63, 3.8) is 0 Å². The molecule has 0 saturated heterocycles. The molecule has 0 aliphatic rings. The summed E-state index contributed by atoms with van der Waals surface area (Å²) in [5, 5.41) is 2.72. The molecule has 2 heterocycles. The molecule has 4 heteroatoms. The van der Waals surface area contributed by atoms with Gasteiger partial charge in [-0.25, -0.2) is 0 Å². The van der Waals surface area contributed by atoms with Gasteiger partial charge in [0.25, 0.3) is 11.7 Å². The van der Waals surface area contributed by atoms with E-state index in [0.29, 0.717) is 11.4 Å². The monoisotopic (exact) mass is 368 g/mol. The van der Waals surface area contributed by atoms with Crippen LogP contribution in [0.4, 0.5) is 5.69 Å². The number of carbonyl (C=O) groups excluding carboxylic acids is 2. The van der Waals surface area contributed by atoms with Gasteiger partial charge in [-0.3, -0.25) is 9.59 Å². The smallest absolute Gasteiger partial charge is 0.298 e. The molecule has 1 amide bonds. The number of fused-ring (bicyclic) bond motifs is 1. The number of pyridine rings is 1. The van der Waals surface area contributed by atoms with Crippen LogP contribution in [0, 0.1) is 0 Å². The molecule has 0 atom stereocenters. The molecule has 0 unspecified atom stereocenters. The summed E-state index contributed by atoms with van der Waals surface area (Å²) in [5.74, 6) is -1.21. The van der Waals surface area contributed by atoms with E-state index in [4.69, 9.17) is 0 Å². The number of benzene rings is 2. The summed E-state index contributed by atoms with van der Waals surface area (Å²) in [6.45, 7) is 2.07. The van der Waals surface area contributed by atoms with E-state index in [2.05, 4.69) is 12.2 Å². The Hall–Kier alpha value is -3.66. The van der Waals surface area contributed by atoms with Crippen LogP contribution in [0.5, 0.6) is 0 Å². The fourth-order valence-electron chi connectivity index (χ4n) is 3.31. The van der Waals surface area contributed by atoms with E-state index >= 15 is 0 Å². The summed E-state index contributed by atoms with van der Waals surface area (Å²) in [6, 6.07) is 24.8. The maximum atomic E-state index is 13.1. The molecule has 0 saturated carbocycles. The Morgan fingerprint density at radius 2 is 1.61 bits per heavy atom. The highest BCUT2D eigenvalue weighted by molar-refractivity contribution is 6.47. The second kappa shape index (κ2) is 7.53. The van der Waals surface area contributed by atoms with E-state index < -0.39 is 11.7 Å². The molecule has 0 fully saturated rings. The highest BCUT2D eigenvalue weighted by atomic mass is 16.2. The number of carbonyl (C=O) groups is 2. The average Bonchev–Trinajstić information content (AvgIpc) is 3.14. The van der Waals surface area contributed by atoms with Crippen molar-refractivity contribution in [2.24, 2.45) is 0 Å². The molecular formula is C24H20N2O2. The first-order valence-corrected chi connectivity index (χ1v) is 9.27. The second-order valence-corrected chi connectivity index (χ2v) is 6.60. The number of amides is 1. The van der Waals surface area contributed by atoms with Crippen LogP contribution in [-0.4, -0.2) is 16.1 Å². The van der Waals surface area contributed by atoms with Gasteiger partial charge in [0.2, 0.25) is 0 Å². The molecule has 1 N–H and O–H groups in total. The first-order chi connectivity index (χ1) is 13.7. The van der Waals surface area contributed by atoms with Gasteiger partial charge in [-0.2, -0.15) is 0 Å². The van der Waals surface area contributed by atoms with Gasteiger partial charge in [-0.05, 0) is 47.9 Å². The molecule has 28 heavy (non-hydrogen) atoms. The Morgan fingerprint density at radius 3 is 2.32 bits per heavy atom. The van der Waals surface area contributed by atoms with Crippen molar-refractivity contribution >= 4 is 22.9 Å². The SMILES string of the molecule is CCc1ccc(NC(=O)C(=O)c2c(-c3ccccc3)cc3ccccn23)cc1. The molecule has 2 aromatic heterocycles. The zero-order valence-electron chi connectivity index (χ0n) is 15.6. The molecule has 0 aliphatic heterocycles. The van der Waals surface area contributed by atoms with Gasteiger partial charge in [0, 0.05) is 23.0 Å². The van der Waals surface area contributed by atoms with Crippen LogP contribution >= 0.6 is 0 Å². The third-order valence-electron chi connectivity index (χ3n) is 4.81. The number of hydrogen-bond acceptors (Lipinski definition) is 2. The van der Waals surface area contributed by atoms with Gasteiger partial charge in [0.05, 0.1) is 0 Å². The zero-order chi connectivity index (χ0) is 19.5. The number of aryl methyl sites for hydroxylation is 1. The number of Topliss-reactive ketones (excluding diaryl/α,β-unsaturated/α-hetero) is 1. The summed E-state index contributed by atoms with van der Waals surface area (Å²) in [6.07, 6.45) is 2.72. The maximum absolute atomic E-state index is 13.1. The molecule has 4 aromatic rings. The topological polar surface area (TPSA) is 50.6 Å². The molecule has 0 bridgehead atoms. The predicted molar refractivity (Wildman–Crippen MR) is 112 cm³/mol. The van der Waals surface area contributed by atoms with Gasteiger partial charge in [0.15, 0.2) is 0 Å². The fraction of sp³-hybridized carbons (Fsp3) is 0.0833. The van der Waals surface area contributed by atoms with Crippen LogP contribution in [0.1, 0.15) is 23.0 Å². The van der Waals surface area contributed by atoms with Gasteiger partial charge in [-0.1, -0.05) is 55.5 Å². The highest BCUT2D eigenvalue weighted by Gasteiger charge is 2.24. The lowest BCUT2D eigenvalue weighted by molar-refractivity contribution is -0.112. The minimum Gasteiger partial charge on any atom is -0.319 e. The second-order valence-electron chi connectivity index (χ2n) is 6.60. The Balaban J connectivity index is 1.72. The summed E-state index contributed by atoms with van der Waals surface area (Å²) in [5.41, 5.74) is 4.66. The number of ketones is 1. The van der Waals surface area contributed by atoms with Gasteiger partial charge in [-0.15, -0.1) is 0 Å². The van der Waals surface area contributed by atoms with Crippen LogP contribution in [0.2, 0.25) is 0 Å². The van der Waals surface area contributed by atoms with Crippen molar-refractivity contribution in [3.8, 4) is 11.1 Å². The number of nitrogens with one attached hydrogen (secondary N) is 1. The Kier molecular flexibility index (Phi) is 4.77. The number of nitrogens with zero attached hydrogens (tertiary/aromatic N) is 1. The normalized spacial score (nSPS) is 10.8. The molecule has 2 aromatic carbocycles. The molecule has 138 valence electrons. The standard InChI is InChI=1S/C24H20N2O2/c1-2-17-11-13-19(14-12-17)25-24(28)23(27)22-21(18-8-4-3-5-9-18)16-20-10-6-7-15-26(20)22/h3-16H,2H2,1H3,(H,25,28). The summed E-state index contributed by atoms with van der Waals surface area (Å²) < 4.78 is 1.77.